The number of benzene rings is 2. The number of aromatic nitrogens is 2. The summed E-state index contributed by atoms with van der Waals surface area (Å²) in [4.78, 5) is 35.2. The topological polar surface area (TPSA) is 143 Å². The zero-order valence-corrected chi connectivity index (χ0v) is 17.7. The highest BCUT2D eigenvalue weighted by Gasteiger charge is 2.29. The number of aliphatic hydroxyl groups excluding tert-OH is 1. The minimum atomic E-state index is -1.73. The fourth-order valence-electron chi connectivity index (χ4n) is 3.80. The number of carbonyl (C=O) groups is 3. The van der Waals surface area contributed by atoms with Crippen LogP contribution in [0.15, 0.2) is 54.6 Å². The molecule has 33 heavy (non-hydrogen) atoms. The van der Waals surface area contributed by atoms with Gasteiger partial charge in [-0.1, -0.05) is 48.5 Å². The van der Waals surface area contributed by atoms with Crippen molar-refractivity contribution in [1.29, 1.82) is 0 Å². The summed E-state index contributed by atoms with van der Waals surface area (Å²) in [5.41, 5.74) is 4.38. The number of amides is 2. The predicted octanol–water partition coefficient (Wildman–Crippen LogP) is 1.96. The Labute approximate surface area is 188 Å². The van der Waals surface area contributed by atoms with Crippen molar-refractivity contribution < 1.29 is 29.3 Å². The summed E-state index contributed by atoms with van der Waals surface area (Å²) in [7, 11) is 1.53. The molecular formula is C23H22N4O6. The maximum Gasteiger partial charge on any atom is 0.412 e. The number of hydrogen-bond donors (Lipinski definition) is 4. The van der Waals surface area contributed by atoms with Gasteiger partial charge in [0.25, 0.3) is 5.91 Å². The Morgan fingerprint density at radius 1 is 1.09 bits per heavy atom. The standard InChI is InChI=1S/C23H22N4O6/c1-27-20(10-18(26-27)21(29)24-11-19(28)22(30)31)25-23(32)33-12-17-15-8-4-2-6-13(15)14-7-3-5-9-16(14)17/h2-10,17,19,28H,11-12H2,1H3,(H,24,29)(H,25,32)(H,30,31). The molecule has 10 nitrogen and oxygen atoms in total. The van der Waals surface area contributed by atoms with Crippen molar-refractivity contribution in [2.24, 2.45) is 7.05 Å². The highest BCUT2D eigenvalue weighted by Crippen LogP contribution is 2.44. The van der Waals surface area contributed by atoms with Gasteiger partial charge in [-0.3, -0.25) is 14.8 Å². The second-order valence-corrected chi connectivity index (χ2v) is 7.55. The molecule has 1 atom stereocenters. The van der Waals surface area contributed by atoms with Gasteiger partial charge in [0.15, 0.2) is 11.8 Å². The molecule has 1 aliphatic rings. The number of hydrogen-bond acceptors (Lipinski definition) is 6. The first-order valence-electron chi connectivity index (χ1n) is 10.2. The van der Waals surface area contributed by atoms with Gasteiger partial charge in [-0.15, -0.1) is 0 Å². The summed E-state index contributed by atoms with van der Waals surface area (Å²) in [6.45, 7) is -0.335. The van der Waals surface area contributed by atoms with Crippen molar-refractivity contribution in [3.05, 3.63) is 71.4 Å². The lowest BCUT2D eigenvalue weighted by Gasteiger charge is -2.14. The summed E-state index contributed by atoms with van der Waals surface area (Å²) < 4.78 is 6.77. The van der Waals surface area contributed by atoms with Gasteiger partial charge >= 0.3 is 12.1 Å². The lowest BCUT2D eigenvalue weighted by Crippen LogP contribution is -2.36. The molecule has 1 unspecified atom stereocenters. The lowest BCUT2D eigenvalue weighted by molar-refractivity contribution is -0.146. The molecule has 170 valence electrons. The van der Waals surface area contributed by atoms with Crippen molar-refractivity contribution in [2.45, 2.75) is 12.0 Å². The molecule has 3 aromatic rings. The van der Waals surface area contributed by atoms with Gasteiger partial charge in [0.05, 0.1) is 6.54 Å². The molecule has 1 heterocycles. The second-order valence-electron chi connectivity index (χ2n) is 7.55. The van der Waals surface area contributed by atoms with E-state index < -0.39 is 30.6 Å². The molecule has 0 spiro atoms. The zero-order chi connectivity index (χ0) is 23.5. The number of fused-ring (bicyclic) bond motifs is 3. The third-order valence-electron chi connectivity index (χ3n) is 5.43. The summed E-state index contributed by atoms with van der Waals surface area (Å²) in [5, 5.41) is 26.7. The van der Waals surface area contributed by atoms with Crippen LogP contribution >= 0.6 is 0 Å². The zero-order valence-electron chi connectivity index (χ0n) is 17.7. The Morgan fingerprint density at radius 2 is 1.70 bits per heavy atom. The van der Waals surface area contributed by atoms with E-state index in [0.29, 0.717) is 0 Å². The van der Waals surface area contributed by atoms with Crippen LogP contribution in [0.2, 0.25) is 0 Å². The molecule has 2 amide bonds. The molecule has 0 bridgehead atoms. The van der Waals surface area contributed by atoms with Gasteiger partial charge in [0.1, 0.15) is 12.4 Å². The van der Waals surface area contributed by atoms with E-state index in [4.69, 9.17) is 9.84 Å². The normalized spacial score (nSPS) is 13.0. The van der Waals surface area contributed by atoms with E-state index >= 15 is 0 Å². The van der Waals surface area contributed by atoms with Crippen LogP contribution in [0.3, 0.4) is 0 Å². The minimum Gasteiger partial charge on any atom is -0.479 e. The van der Waals surface area contributed by atoms with Gasteiger partial charge in [0.2, 0.25) is 0 Å². The number of rotatable bonds is 7. The quantitative estimate of drug-likeness (QED) is 0.431. The third kappa shape index (κ3) is 4.55. The van der Waals surface area contributed by atoms with E-state index in [0.717, 1.165) is 22.3 Å². The highest BCUT2D eigenvalue weighted by atomic mass is 16.5. The van der Waals surface area contributed by atoms with Crippen molar-refractivity contribution in [3.63, 3.8) is 0 Å². The van der Waals surface area contributed by atoms with E-state index in [1.54, 1.807) is 0 Å². The molecule has 4 N–H and O–H groups in total. The molecule has 0 radical (unpaired) electrons. The first-order chi connectivity index (χ1) is 15.8. The smallest absolute Gasteiger partial charge is 0.412 e. The van der Waals surface area contributed by atoms with E-state index in [1.807, 2.05) is 48.5 Å². The largest absolute Gasteiger partial charge is 0.479 e. The van der Waals surface area contributed by atoms with Crippen molar-refractivity contribution in [3.8, 4) is 11.1 Å². The third-order valence-corrected chi connectivity index (χ3v) is 5.43. The van der Waals surface area contributed by atoms with E-state index in [1.165, 1.54) is 17.8 Å². The van der Waals surface area contributed by atoms with Crippen molar-refractivity contribution in [1.82, 2.24) is 15.1 Å². The van der Waals surface area contributed by atoms with Crippen LogP contribution in [0.1, 0.15) is 27.5 Å². The molecule has 1 aromatic heterocycles. The van der Waals surface area contributed by atoms with Crippen molar-refractivity contribution >= 4 is 23.8 Å². The predicted molar refractivity (Wildman–Crippen MR) is 118 cm³/mol. The Hall–Kier alpha value is -4.18. The molecule has 1 aliphatic carbocycles. The molecule has 0 saturated carbocycles. The van der Waals surface area contributed by atoms with E-state index in [-0.39, 0.29) is 24.0 Å². The first kappa shape index (κ1) is 22.0. The Morgan fingerprint density at radius 3 is 2.30 bits per heavy atom. The average Bonchev–Trinajstić information content (AvgIpc) is 3.33. The molecule has 0 fully saturated rings. The highest BCUT2D eigenvalue weighted by molar-refractivity contribution is 5.94. The summed E-state index contributed by atoms with van der Waals surface area (Å²) in [6, 6.07) is 17.3. The van der Waals surface area contributed by atoms with Crippen LogP contribution in [0.5, 0.6) is 0 Å². The molecule has 10 heteroatoms. The number of nitrogens with one attached hydrogen (secondary N) is 2. The number of carbonyl (C=O) groups excluding carboxylic acids is 2. The molecule has 4 rings (SSSR count). The SMILES string of the molecule is Cn1nc(C(=O)NCC(O)C(=O)O)cc1NC(=O)OCC1c2ccccc2-c2ccccc21. The van der Waals surface area contributed by atoms with Crippen LogP contribution in [0.25, 0.3) is 11.1 Å². The molecule has 0 saturated heterocycles. The lowest BCUT2D eigenvalue weighted by atomic mass is 9.98. The number of ether oxygens (including phenoxy) is 1. The first-order valence-corrected chi connectivity index (χ1v) is 10.2. The molecule has 2 aromatic carbocycles. The number of anilines is 1. The number of aliphatic carboxylic acids is 1. The van der Waals surface area contributed by atoms with Crippen LogP contribution < -0.4 is 10.6 Å². The number of nitrogens with zero attached hydrogens (tertiary/aromatic N) is 2. The number of aryl methyl sites for hydroxylation is 1. The Bertz CT molecular complexity index is 1180. The van der Waals surface area contributed by atoms with E-state index in [9.17, 15) is 19.5 Å². The fraction of sp³-hybridized carbons (Fsp3) is 0.217. The van der Waals surface area contributed by atoms with Crippen molar-refractivity contribution in [2.75, 3.05) is 18.5 Å². The summed E-state index contributed by atoms with van der Waals surface area (Å²) in [5.74, 6) is -2.01. The monoisotopic (exact) mass is 450 g/mol. The maximum absolute atomic E-state index is 12.4. The summed E-state index contributed by atoms with van der Waals surface area (Å²) >= 11 is 0. The molecular weight excluding hydrogens is 428 g/mol. The van der Waals surface area contributed by atoms with Crippen LogP contribution in [-0.4, -0.2) is 57.2 Å². The van der Waals surface area contributed by atoms with Crippen LogP contribution in [0.4, 0.5) is 10.6 Å². The minimum absolute atomic E-state index is 0.0518. The number of carboxylic acid groups (broad SMARTS) is 1. The number of carboxylic acids is 1. The van der Waals surface area contributed by atoms with E-state index in [2.05, 4.69) is 15.7 Å². The second kappa shape index (κ2) is 9.13. The fourth-order valence-corrected chi connectivity index (χ4v) is 3.80. The maximum atomic E-state index is 12.4. The van der Waals surface area contributed by atoms with Gasteiger partial charge in [-0.05, 0) is 22.3 Å². The summed E-state index contributed by atoms with van der Waals surface area (Å²) in [6.07, 6.45) is -2.43. The average molecular weight is 450 g/mol. The van der Waals surface area contributed by atoms with Crippen LogP contribution in [0, 0.1) is 0 Å². The van der Waals surface area contributed by atoms with Crippen LogP contribution in [-0.2, 0) is 16.6 Å². The van der Waals surface area contributed by atoms with Gasteiger partial charge in [-0.2, -0.15) is 5.10 Å². The van der Waals surface area contributed by atoms with Gasteiger partial charge < -0.3 is 20.3 Å². The number of aliphatic hydroxyl groups is 1. The Kier molecular flexibility index (Phi) is 6.09. The van der Waals surface area contributed by atoms with Gasteiger partial charge in [0, 0.05) is 19.0 Å². The van der Waals surface area contributed by atoms with Gasteiger partial charge in [-0.25, -0.2) is 9.59 Å². The molecule has 0 aliphatic heterocycles. The Balaban J connectivity index is 1.38.